The molecule has 0 bridgehead atoms. The minimum Gasteiger partial charge on any atom is -0.368 e. The van der Waals surface area contributed by atoms with Crippen LogP contribution < -0.4 is 4.31 Å². The van der Waals surface area contributed by atoms with Crippen LogP contribution in [0, 0.1) is 0 Å². The number of anilines is 1. The monoisotopic (exact) mass is 457 g/mol. The Bertz CT molecular complexity index is 1080. The van der Waals surface area contributed by atoms with Gasteiger partial charge in [0, 0.05) is 45.4 Å². The molecule has 0 saturated carbocycles. The lowest BCUT2D eigenvalue weighted by Gasteiger charge is -2.35. The Morgan fingerprint density at radius 1 is 0.969 bits per heavy atom. The Balaban J connectivity index is 1.44. The Hall–Kier alpha value is -2.91. The summed E-state index contributed by atoms with van der Waals surface area (Å²) in [5.74, 6) is -0.250. The maximum Gasteiger partial charge on any atom is 0.264 e. The van der Waals surface area contributed by atoms with Crippen molar-refractivity contribution in [3.8, 4) is 0 Å². The smallest absolute Gasteiger partial charge is 0.264 e. The second-order valence-electron chi connectivity index (χ2n) is 7.96. The van der Waals surface area contributed by atoms with Crippen LogP contribution in [0.5, 0.6) is 0 Å². The third-order valence-electron chi connectivity index (χ3n) is 5.94. The van der Waals surface area contributed by atoms with Crippen LogP contribution >= 0.6 is 0 Å². The fraction of sp³-hybridized carbons (Fsp3) is 0.391. The van der Waals surface area contributed by atoms with E-state index in [9.17, 15) is 18.0 Å². The molecule has 170 valence electrons. The second-order valence-corrected chi connectivity index (χ2v) is 9.92. The number of carbonyl (C=O) groups excluding carboxylic acids is 2. The summed E-state index contributed by atoms with van der Waals surface area (Å²) in [5.41, 5.74) is 0.850. The number of amides is 2. The number of ether oxygens (including phenoxy) is 1. The van der Waals surface area contributed by atoms with Gasteiger partial charge < -0.3 is 14.5 Å². The molecule has 2 amide bonds. The van der Waals surface area contributed by atoms with Crippen LogP contribution in [0.15, 0.2) is 59.5 Å². The van der Waals surface area contributed by atoms with Gasteiger partial charge in [-0.05, 0) is 43.2 Å². The molecule has 2 aliphatic rings. The van der Waals surface area contributed by atoms with E-state index in [2.05, 4.69) is 0 Å². The van der Waals surface area contributed by atoms with Crippen molar-refractivity contribution in [2.45, 2.75) is 23.8 Å². The lowest BCUT2D eigenvalue weighted by atomic mass is 10.1. The number of sulfonamides is 1. The first kappa shape index (κ1) is 22.3. The Labute approximate surface area is 188 Å². The number of benzene rings is 2. The van der Waals surface area contributed by atoms with Gasteiger partial charge in [-0.2, -0.15) is 0 Å². The molecular formula is C23H27N3O5S. The largest absolute Gasteiger partial charge is 0.368 e. The maximum atomic E-state index is 13.1. The average molecular weight is 458 g/mol. The molecule has 0 spiro atoms. The summed E-state index contributed by atoms with van der Waals surface area (Å²) in [6.07, 6.45) is 1.28. The van der Waals surface area contributed by atoms with Crippen LogP contribution in [0.2, 0.25) is 0 Å². The summed E-state index contributed by atoms with van der Waals surface area (Å²) >= 11 is 0. The molecule has 2 aliphatic heterocycles. The Kier molecular flexibility index (Phi) is 6.48. The van der Waals surface area contributed by atoms with Gasteiger partial charge >= 0.3 is 0 Å². The van der Waals surface area contributed by atoms with Crippen LogP contribution in [-0.2, 0) is 19.6 Å². The molecular weight excluding hydrogens is 430 g/mol. The fourth-order valence-corrected chi connectivity index (χ4v) is 5.25. The molecule has 2 fully saturated rings. The van der Waals surface area contributed by atoms with Crippen molar-refractivity contribution in [3.63, 3.8) is 0 Å². The highest BCUT2D eigenvalue weighted by Gasteiger charge is 2.32. The third kappa shape index (κ3) is 4.49. The molecule has 2 heterocycles. The van der Waals surface area contributed by atoms with Gasteiger partial charge in [0.25, 0.3) is 21.8 Å². The van der Waals surface area contributed by atoms with Crippen LogP contribution in [0.25, 0.3) is 0 Å². The zero-order valence-corrected chi connectivity index (χ0v) is 18.8. The van der Waals surface area contributed by atoms with Crippen molar-refractivity contribution in [3.05, 3.63) is 60.2 Å². The van der Waals surface area contributed by atoms with Crippen molar-refractivity contribution in [2.75, 3.05) is 44.1 Å². The predicted octanol–water partition coefficient (Wildman–Crippen LogP) is 1.98. The quantitative estimate of drug-likeness (QED) is 0.685. The van der Waals surface area contributed by atoms with Crippen molar-refractivity contribution in [2.24, 2.45) is 0 Å². The van der Waals surface area contributed by atoms with E-state index in [1.807, 2.05) is 6.07 Å². The van der Waals surface area contributed by atoms with Gasteiger partial charge in [0.1, 0.15) is 6.10 Å². The highest BCUT2D eigenvalue weighted by Crippen LogP contribution is 2.23. The molecule has 8 nitrogen and oxygen atoms in total. The number of nitrogens with zero attached hydrogens (tertiary/aromatic N) is 3. The van der Waals surface area contributed by atoms with E-state index < -0.39 is 10.0 Å². The standard InChI is InChI=1S/C23H27N3O5S/c1-24(19-8-3-2-4-9-19)32(29,30)20-10-5-7-18(17-20)22(27)25-12-14-26(15-13-25)23(28)21-11-6-16-31-21/h2-5,7-10,17,21H,6,11-16H2,1H3. The zero-order chi connectivity index (χ0) is 22.7. The van der Waals surface area contributed by atoms with Gasteiger partial charge in [0.15, 0.2) is 0 Å². The van der Waals surface area contributed by atoms with Crippen molar-refractivity contribution in [1.29, 1.82) is 0 Å². The third-order valence-corrected chi connectivity index (χ3v) is 7.72. The minimum absolute atomic E-state index is 0.00774. The number of carbonyl (C=O) groups is 2. The van der Waals surface area contributed by atoms with E-state index in [1.54, 1.807) is 46.2 Å². The number of para-hydroxylation sites is 1. The zero-order valence-electron chi connectivity index (χ0n) is 18.0. The fourth-order valence-electron chi connectivity index (χ4n) is 4.01. The SMILES string of the molecule is CN(c1ccccc1)S(=O)(=O)c1cccc(C(=O)N2CCN(C(=O)C3CCCO3)CC2)c1. The number of hydrogen-bond donors (Lipinski definition) is 0. The topological polar surface area (TPSA) is 87.2 Å². The second kappa shape index (κ2) is 9.30. The van der Waals surface area contributed by atoms with Gasteiger partial charge in [0.2, 0.25) is 0 Å². The number of rotatable bonds is 5. The number of hydrogen-bond acceptors (Lipinski definition) is 5. The first-order chi connectivity index (χ1) is 15.4. The summed E-state index contributed by atoms with van der Waals surface area (Å²) in [6, 6.07) is 14.9. The lowest BCUT2D eigenvalue weighted by molar-refractivity contribution is -0.142. The summed E-state index contributed by atoms with van der Waals surface area (Å²) in [5, 5.41) is 0. The highest BCUT2D eigenvalue weighted by molar-refractivity contribution is 7.92. The molecule has 2 aromatic rings. The number of piperazine rings is 1. The van der Waals surface area contributed by atoms with Gasteiger partial charge in [-0.1, -0.05) is 24.3 Å². The molecule has 32 heavy (non-hydrogen) atoms. The molecule has 1 unspecified atom stereocenters. The van der Waals surface area contributed by atoms with E-state index in [0.717, 1.165) is 12.8 Å². The van der Waals surface area contributed by atoms with Crippen LogP contribution in [0.4, 0.5) is 5.69 Å². The van der Waals surface area contributed by atoms with Crippen molar-refractivity contribution >= 4 is 27.5 Å². The van der Waals surface area contributed by atoms with Crippen molar-refractivity contribution < 1.29 is 22.7 Å². The molecule has 2 aromatic carbocycles. The van der Waals surface area contributed by atoms with E-state index in [0.29, 0.717) is 44.0 Å². The Morgan fingerprint density at radius 3 is 2.31 bits per heavy atom. The van der Waals surface area contributed by atoms with Crippen LogP contribution in [0.1, 0.15) is 23.2 Å². The van der Waals surface area contributed by atoms with Crippen LogP contribution in [-0.4, -0.2) is 76.0 Å². The van der Waals surface area contributed by atoms with Gasteiger partial charge in [0.05, 0.1) is 10.6 Å². The molecule has 0 N–H and O–H groups in total. The van der Waals surface area contributed by atoms with E-state index in [1.165, 1.54) is 23.5 Å². The van der Waals surface area contributed by atoms with Gasteiger partial charge in [-0.25, -0.2) is 8.42 Å². The predicted molar refractivity (Wildman–Crippen MR) is 120 cm³/mol. The van der Waals surface area contributed by atoms with E-state index in [-0.39, 0.29) is 22.8 Å². The van der Waals surface area contributed by atoms with Crippen LogP contribution in [0.3, 0.4) is 0 Å². The molecule has 0 aliphatic carbocycles. The summed E-state index contributed by atoms with van der Waals surface area (Å²) in [6.45, 7) is 2.31. The summed E-state index contributed by atoms with van der Waals surface area (Å²) in [7, 11) is -2.32. The van der Waals surface area contributed by atoms with Gasteiger partial charge in [-0.3, -0.25) is 13.9 Å². The molecule has 1 atom stereocenters. The van der Waals surface area contributed by atoms with E-state index >= 15 is 0 Å². The normalized spacial score (nSPS) is 19.1. The molecule has 0 radical (unpaired) electrons. The molecule has 0 aromatic heterocycles. The first-order valence-corrected chi connectivity index (χ1v) is 12.2. The van der Waals surface area contributed by atoms with Gasteiger partial charge in [-0.15, -0.1) is 0 Å². The van der Waals surface area contributed by atoms with Crippen molar-refractivity contribution in [1.82, 2.24) is 9.80 Å². The summed E-state index contributed by atoms with van der Waals surface area (Å²) < 4.78 is 32.8. The molecule has 4 rings (SSSR count). The van der Waals surface area contributed by atoms with E-state index in [4.69, 9.17) is 4.74 Å². The first-order valence-electron chi connectivity index (χ1n) is 10.7. The molecule has 9 heteroatoms. The highest BCUT2D eigenvalue weighted by atomic mass is 32.2. The maximum absolute atomic E-state index is 13.1. The lowest BCUT2D eigenvalue weighted by Crippen LogP contribution is -2.52. The average Bonchev–Trinajstić information content (AvgIpc) is 3.38. The Morgan fingerprint density at radius 2 is 1.66 bits per heavy atom. The summed E-state index contributed by atoms with van der Waals surface area (Å²) in [4.78, 5) is 29.0. The minimum atomic E-state index is -3.81. The molecule has 2 saturated heterocycles.